The Hall–Kier alpha value is -1.21. The number of hydrogen-bond donors (Lipinski definition) is 2. The van der Waals surface area contributed by atoms with Gasteiger partial charge in [-0.05, 0) is 30.9 Å². The molecule has 6 heteroatoms. The molecule has 0 unspecified atom stereocenters. The molecule has 0 fully saturated rings. The molecule has 5 nitrogen and oxygen atoms in total. The van der Waals surface area contributed by atoms with E-state index in [-0.39, 0.29) is 13.2 Å². The van der Waals surface area contributed by atoms with Crippen molar-refractivity contribution in [3.05, 3.63) is 28.5 Å². The largest absolute Gasteiger partial charge is 0.440 e. The highest BCUT2D eigenvalue weighted by molar-refractivity contribution is 7.13. The molecule has 0 spiro atoms. The summed E-state index contributed by atoms with van der Waals surface area (Å²) in [6.07, 6.45) is 0. The van der Waals surface area contributed by atoms with Gasteiger partial charge in [0.25, 0.3) is 0 Å². The first-order chi connectivity index (χ1) is 9.65. The average molecular weight is 296 g/mol. The molecular formula is C14H20N2O3S. The van der Waals surface area contributed by atoms with Gasteiger partial charge in [0.05, 0.1) is 23.8 Å². The first-order valence-electron chi connectivity index (χ1n) is 6.60. The van der Waals surface area contributed by atoms with Gasteiger partial charge < -0.3 is 14.6 Å². The van der Waals surface area contributed by atoms with Gasteiger partial charge >= 0.3 is 0 Å². The second kappa shape index (κ2) is 6.99. The summed E-state index contributed by atoms with van der Waals surface area (Å²) in [5.41, 5.74) is 2.01. The lowest BCUT2D eigenvalue weighted by Gasteiger charge is -2.18. The molecule has 0 bridgehead atoms. The number of aliphatic hydroxyl groups excluding tert-OH is 2. The van der Waals surface area contributed by atoms with Gasteiger partial charge in [0, 0.05) is 19.6 Å². The van der Waals surface area contributed by atoms with Crippen LogP contribution in [-0.4, -0.2) is 46.4 Å². The Morgan fingerprint density at radius 1 is 1.25 bits per heavy atom. The number of aryl methyl sites for hydroxylation is 2. The van der Waals surface area contributed by atoms with Crippen LogP contribution in [0.3, 0.4) is 0 Å². The maximum Gasteiger partial charge on any atom is 0.237 e. The van der Waals surface area contributed by atoms with Crippen molar-refractivity contribution in [2.24, 2.45) is 0 Å². The monoisotopic (exact) mass is 296 g/mol. The molecule has 110 valence electrons. The lowest BCUT2D eigenvalue weighted by Crippen LogP contribution is -2.29. The minimum absolute atomic E-state index is 0.0633. The highest BCUT2D eigenvalue weighted by Gasteiger charge is 2.16. The second-order valence-electron chi connectivity index (χ2n) is 4.68. The maximum absolute atomic E-state index is 9.04. The summed E-state index contributed by atoms with van der Waals surface area (Å²) in [4.78, 5) is 7.56. The van der Waals surface area contributed by atoms with Crippen LogP contribution in [-0.2, 0) is 6.54 Å². The van der Waals surface area contributed by atoms with Gasteiger partial charge in [-0.1, -0.05) is 0 Å². The van der Waals surface area contributed by atoms with Gasteiger partial charge in [-0.2, -0.15) is 0 Å². The molecule has 20 heavy (non-hydrogen) atoms. The van der Waals surface area contributed by atoms with Crippen LogP contribution in [0.1, 0.15) is 17.0 Å². The molecule has 0 saturated heterocycles. The first kappa shape index (κ1) is 15.2. The Kier molecular flexibility index (Phi) is 5.31. The third kappa shape index (κ3) is 3.46. The number of aromatic nitrogens is 1. The molecule has 0 aliphatic carbocycles. The predicted octanol–water partition coefficient (Wildman–Crippen LogP) is 1.81. The van der Waals surface area contributed by atoms with Crippen molar-refractivity contribution in [1.29, 1.82) is 0 Å². The minimum Gasteiger partial charge on any atom is -0.440 e. The molecule has 0 radical (unpaired) electrons. The van der Waals surface area contributed by atoms with Crippen molar-refractivity contribution in [3.8, 4) is 10.8 Å². The Bertz CT molecular complexity index is 544. The van der Waals surface area contributed by atoms with Crippen LogP contribution in [0.2, 0.25) is 0 Å². The molecule has 0 aromatic carbocycles. The Morgan fingerprint density at radius 2 is 1.95 bits per heavy atom. The average Bonchev–Trinajstić information content (AvgIpc) is 2.97. The Labute approximate surface area is 122 Å². The number of aliphatic hydroxyl groups is 2. The lowest BCUT2D eigenvalue weighted by molar-refractivity contribution is 0.154. The fourth-order valence-electron chi connectivity index (χ4n) is 2.03. The van der Waals surface area contributed by atoms with Crippen molar-refractivity contribution in [3.63, 3.8) is 0 Å². The van der Waals surface area contributed by atoms with Crippen molar-refractivity contribution in [1.82, 2.24) is 9.88 Å². The van der Waals surface area contributed by atoms with Crippen LogP contribution in [0.4, 0.5) is 0 Å². The molecule has 2 rings (SSSR count). The van der Waals surface area contributed by atoms with Gasteiger partial charge in [0.2, 0.25) is 5.89 Å². The summed E-state index contributed by atoms with van der Waals surface area (Å²) in [5, 5.41) is 20.1. The zero-order valence-corrected chi connectivity index (χ0v) is 12.6. The highest BCUT2D eigenvalue weighted by Crippen LogP contribution is 2.30. The number of rotatable bonds is 7. The predicted molar refractivity (Wildman–Crippen MR) is 78.7 cm³/mol. The van der Waals surface area contributed by atoms with E-state index in [1.165, 1.54) is 0 Å². The van der Waals surface area contributed by atoms with Crippen LogP contribution in [0.25, 0.3) is 10.8 Å². The van der Waals surface area contributed by atoms with E-state index in [4.69, 9.17) is 14.6 Å². The molecule has 0 saturated carbocycles. The van der Waals surface area contributed by atoms with E-state index < -0.39 is 0 Å². The van der Waals surface area contributed by atoms with Crippen LogP contribution in [0, 0.1) is 13.8 Å². The van der Waals surface area contributed by atoms with Gasteiger partial charge in [-0.3, -0.25) is 4.90 Å². The number of nitrogens with zero attached hydrogens (tertiary/aromatic N) is 2. The summed E-state index contributed by atoms with van der Waals surface area (Å²) < 4.78 is 5.74. The topological polar surface area (TPSA) is 69.7 Å². The van der Waals surface area contributed by atoms with E-state index in [0.717, 1.165) is 21.9 Å². The van der Waals surface area contributed by atoms with E-state index in [2.05, 4.69) is 4.98 Å². The highest BCUT2D eigenvalue weighted by atomic mass is 32.1. The second-order valence-corrected chi connectivity index (χ2v) is 5.59. The van der Waals surface area contributed by atoms with Crippen LogP contribution in [0.5, 0.6) is 0 Å². The molecule has 2 heterocycles. The van der Waals surface area contributed by atoms with Crippen LogP contribution in [0.15, 0.2) is 15.9 Å². The normalized spacial score (nSPS) is 11.4. The summed E-state index contributed by atoms with van der Waals surface area (Å²) >= 11 is 1.61. The molecule has 0 amide bonds. The van der Waals surface area contributed by atoms with E-state index in [1.807, 2.05) is 30.2 Å². The van der Waals surface area contributed by atoms with E-state index >= 15 is 0 Å². The molecular weight excluding hydrogens is 276 g/mol. The SMILES string of the molecule is Cc1ccsc1-c1nc(CN(CCO)CCO)c(C)o1. The van der Waals surface area contributed by atoms with E-state index in [0.29, 0.717) is 25.5 Å². The van der Waals surface area contributed by atoms with Crippen LogP contribution >= 0.6 is 11.3 Å². The van der Waals surface area contributed by atoms with Gasteiger partial charge in [-0.25, -0.2) is 4.98 Å². The van der Waals surface area contributed by atoms with E-state index in [9.17, 15) is 0 Å². The summed E-state index contributed by atoms with van der Waals surface area (Å²) in [6, 6.07) is 2.04. The van der Waals surface area contributed by atoms with Crippen molar-refractivity contribution >= 4 is 11.3 Å². The van der Waals surface area contributed by atoms with Crippen molar-refractivity contribution in [2.75, 3.05) is 26.3 Å². The van der Waals surface area contributed by atoms with E-state index in [1.54, 1.807) is 11.3 Å². The van der Waals surface area contributed by atoms with Gasteiger partial charge in [0.15, 0.2) is 0 Å². The quantitative estimate of drug-likeness (QED) is 0.815. The number of thiophene rings is 1. The zero-order chi connectivity index (χ0) is 14.5. The number of hydrogen-bond acceptors (Lipinski definition) is 6. The molecule has 2 aromatic heterocycles. The third-order valence-electron chi connectivity index (χ3n) is 3.15. The standard InChI is InChI=1S/C14H20N2O3S/c1-10-3-8-20-13(10)14-15-12(11(2)19-14)9-16(4-6-17)5-7-18/h3,8,17-18H,4-7,9H2,1-2H3. The van der Waals surface area contributed by atoms with Crippen LogP contribution < -0.4 is 0 Å². The summed E-state index contributed by atoms with van der Waals surface area (Å²) in [7, 11) is 0. The number of oxazole rings is 1. The van der Waals surface area contributed by atoms with Gasteiger partial charge in [0.1, 0.15) is 5.76 Å². The molecule has 2 N–H and O–H groups in total. The molecule has 0 aliphatic rings. The molecule has 0 aliphatic heterocycles. The third-order valence-corrected chi connectivity index (χ3v) is 4.16. The zero-order valence-electron chi connectivity index (χ0n) is 11.8. The fourth-order valence-corrected chi connectivity index (χ4v) is 2.88. The maximum atomic E-state index is 9.04. The summed E-state index contributed by atoms with van der Waals surface area (Å²) in [5.74, 6) is 1.44. The molecule has 2 aromatic rings. The smallest absolute Gasteiger partial charge is 0.237 e. The lowest BCUT2D eigenvalue weighted by atomic mass is 10.3. The van der Waals surface area contributed by atoms with Gasteiger partial charge in [-0.15, -0.1) is 11.3 Å². The minimum atomic E-state index is 0.0633. The molecule has 0 atom stereocenters. The first-order valence-corrected chi connectivity index (χ1v) is 7.48. The van der Waals surface area contributed by atoms with Crippen molar-refractivity contribution < 1.29 is 14.6 Å². The van der Waals surface area contributed by atoms with Crippen molar-refractivity contribution in [2.45, 2.75) is 20.4 Å². The fraction of sp³-hybridized carbons (Fsp3) is 0.500. The Morgan fingerprint density at radius 3 is 2.50 bits per heavy atom. The Balaban J connectivity index is 2.17. The summed E-state index contributed by atoms with van der Waals surface area (Å²) in [6.45, 7) is 5.66.